The molecule has 2 fully saturated rings. The summed E-state index contributed by atoms with van der Waals surface area (Å²) in [6.45, 7) is 9.68. The highest BCUT2D eigenvalue weighted by Crippen LogP contribution is 2.52. The van der Waals surface area contributed by atoms with Gasteiger partial charge in [0.2, 0.25) is 0 Å². The third-order valence-electron chi connectivity index (χ3n) is 8.18. The molecular weight excluding hydrogens is 573 g/mol. The fourth-order valence-electron chi connectivity index (χ4n) is 6.12. The Bertz CT molecular complexity index is 1460. The molecule has 44 heavy (non-hydrogen) atoms. The van der Waals surface area contributed by atoms with Gasteiger partial charge in [0.05, 0.1) is 18.3 Å². The topological polar surface area (TPSA) is 92.7 Å². The Morgan fingerprint density at radius 3 is 2.64 bits per heavy atom. The quantitative estimate of drug-likeness (QED) is 0.332. The van der Waals surface area contributed by atoms with Crippen LogP contribution >= 0.6 is 0 Å². The van der Waals surface area contributed by atoms with Crippen LogP contribution in [0.15, 0.2) is 43.0 Å². The zero-order valence-corrected chi connectivity index (χ0v) is 25.5. The number of anilines is 1. The van der Waals surface area contributed by atoms with Gasteiger partial charge < -0.3 is 24.6 Å². The third-order valence-corrected chi connectivity index (χ3v) is 8.18. The normalized spacial score (nSPS) is 16.9. The number of hydrogen-bond donors (Lipinski definition) is 1. The number of fused-ring (bicyclic) bond motifs is 1. The summed E-state index contributed by atoms with van der Waals surface area (Å²) in [4.78, 5) is 29.3. The van der Waals surface area contributed by atoms with Crippen molar-refractivity contribution in [1.82, 2.24) is 25.2 Å². The molecule has 1 aliphatic carbocycles. The van der Waals surface area contributed by atoms with Gasteiger partial charge in [0.1, 0.15) is 29.7 Å². The first kappa shape index (κ1) is 31.5. The summed E-state index contributed by atoms with van der Waals surface area (Å²) in [5.74, 6) is 0.369. The van der Waals surface area contributed by atoms with Gasteiger partial charge in [-0.05, 0) is 51.0 Å². The minimum atomic E-state index is -2.73. The molecule has 0 radical (unpaired) electrons. The molecule has 2 aromatic heterocycles. The molecule has 236 valence electrons. The molecular formula is C32H39F3N6O3. The zero-order valence-electron chi connectivity index (χ0n) is 25.5. The number of alkyl halides is 2. The Hall–Kier alpha value is -3.93. The number of ether oxygens (including phenoxy) is 2. The van der Waals surface area contributed by atoms with E-state index in [2.05, 4.69) is 25.2 Å². The van der Waals surface area contributed by atoms with Gasteiger partial charge >= 0.3 is 0 Å². The number of carbonyl (C=O) groups excluding carboxylic acids is 1. The molecule has 1 amide bonds. The van der Waals surface area contributed by atoms with Gasteiger partial charge in [-0.15, -0.1) is 0 Å². The Morgan fingerprint density at radius 2 is 1.91 bits per heavy atom. The fourth-order valence-corrected chi connectivity index (χ4v) is 6.12. The minimum Gasteiger partial charge on any atom is -0.490 e. The van der Waals surface area contributed by atoms with E-state index in [1.165, 1.54) is 18.6 Å². The van der Waals surface area contributed by atoms with Gasteiger partial charge in [0, 0.05) is 61.5 Å². The van der Waals surface area contributed by atoms with Crippen molar-refractivity contribution in [2.75, 3.05) is 31.1 Å². The van der Waals surface area contributed by atoms with Crippen molar-refractivity contribution in [2.45, 2.75) is 72.1 Å². The molecule has 3 aliphatic rings. The predicted molar refractivity (Wildman–Crippen MR) is 160 cm³/mol. The predicted octanol–water partition coefficient (Wildman–Crippen LogP) is 5.64. The Balaban J connectivity index is 0.00000188. The monoisotopic (exact) mass is 612 g/mol. The first-order chi connectivity index (χ1) is 21.2. The van der Waals surface area contributed by atoms with E-state index in [0.29, 0.717) is 11.6 Å². The van der Waals surface area contributed by atoms with Crippen LogP contribution in [-0.2, 0) is 13.0 Å². The van der Waals surface area contributed by atoms with Crippen LogP contribution in [0.25, 0.3) is 0 Å². The van der Waals surface area contributed by atoms with E-state index in [1.807, 2.05) is 26.1 Å². The number of benzene rings is 1. The lowest BCUT2D eigenvalue weighted by atomic mass is 9.61. The number of halogens is 3. The summed E-state index contributed by atoms with van der Waals surface area (Å²) in [7, 11) is 0. The number of amides is 1. The number of nitrogens with zero attached hydrogens (tertiary/aromatic N) is 5. The van der Waals surface area contributed by atoms with E-state index in [-0.39, 0.29) is 22.8 Å². The molecule has 6 rings (SSSR count). The van der Waals surface area contributed by atoms with E-state index >= 15 is 0 Å². The summed E-state index contributed by atoms with van der Waals surface area (Å²) in [5.41, 5.74) is 2.21. The molecule has 1 saturated carbocycles. The number of aromatic nitrogens is 3. The maximum absolute atomic E-state index is 14.2. The second-order valence-corrected chi connectivity index (χ2v) is 11.6. The van der Waals surface area contributed by atoms with Crippen molar-refractivity contribution in [2.24, 2.45) is 5.41 Å². The molecule has 1 aromatic carbocycles. The maximum atomic E-state index is 14.2. The lowest BCUT2D eigenvalue weighted by Gasteiger charge is -2.59. The summed E-state index contributed by atoms with van der Waals surface area (Å²) in [5, 5.41) is 3.39. The van der Waals surface area contributed by atoms with Crippen LogP contribution in [0.4, 0.5) is 19.0 Å². The molecule has 0 unspecified atom stereocenters. The molecule has 3 aromatic rings. The maximum Gasteiger partial charge on any atom is 0.258 e. The molecule has 4 heterocycles. The zero-order chi connectivity index (χ0) is 31.4. The van der Waals surface area contributed by atoms with Gasteiger partial charge in [-0.25, -0.2) is 23.1 Å². The molecule has 0 bridgehead atoms. The highest BCUT2D eigenvalue weighted by molar-refractivity contribution is 5.97. The van der Waals surface area contributed by atoms with Crippen molar-refractivity contribution < 1.29 is 27.4 Å². The summed E-state index contributed by atoms with van der Waals surface area (Å²) in [6, 6.07) is 4.90. The van der Waals surface area contributed by atoms with Crippen molar-refractivity contribution in [3.05, 3.63) is 65.6 Å². The lowest BCUT2D eigenvalue weighted by molar-refractivity contribution is -0.0349. The molecule has 1 N–H and O–H groups in total. The number of carbonyl (C=O) groups is 1. The van der Waals surface area contributed by atoms with E-state index in [1.54, 1.807) is 13.8 Å². The van der Waals surface area contributed by atoms with Crippen LogP contribution in [0.1, 0.15) is 62.2 Å². The van der Waals surface area contributed by atoms with Crippen LogP contribution in [0.2, 0.25) is 0 Å². The highest BCUT2D eigenvalue weighted by atomic mass is 19.3. The second kappa shape index (κ2) is 13.4. The first-order valence-electron chi connectivity index (χ1n) is 15.2. The van der Waals surface area contributed by atoms with Crippen LogP contribution in [0.3, 0.4) is 0 Å². The Morgan fingerprint density at radius 1 is 1.14 bits per heavy atom. The van der Waals surface area contributed by atoms with Crippen molar-refractivity contribution >= 4 is 11.7 Å². The Kier molecular flexibility index (Phi) is 9.57. The van der Waals surface area contributed by atoms with E-state index < -0.39 is 30.7 Å². The summed E-state index contributed by atoms with van der Waals surface area (Å²) < 4.78 is 53.0. The number of hydrogen-bond acceptors (Lipinski definition) is 8. The standard InChI is InChI=1S/C30H33F3N6O3.C2H6/c1-18(2)39(14-27(32)33)29(40)21-9-19(31)3-4-24(21)42-26-13-35-17-37-28(26)38-15-30(16-38)10-20(11-30)41-25-6-8-36-23-5-7-34-12-22(23)25;1-2/h3-4,6,8-9,13,17-18,20,27,34H,5,7,10-12,14-16H2,1-2H3;1-2H3. The lowest BCUT2D eigenvalue weighted by Crippen LogP contribution is -2.65. The molecule has 9 nitrogen and oxygen atoms in total. The van der Waals surface area contributed by atoms with Crippen LogP contribution in [-0.4, -0.2) is 70.5 Å². The molecule has 0 atom stereocenters. The second-order valence-electron chi connectivity index (χ2n) is 11.6. The molecule has 1 spiro atoms. The van der Waals surface area contributed by atoms with E-state index in [9.17, 15) is 18.0 Å². The fraction of sp³-hybridized carbons (Fsp3) is 0.500. The van der Waals surface area contributed by atoms with Crippen molar-refractivity contribution in [3.63, 3.8) is 0 Å². The van der Waals surface area contributed by atoms with Crippen LogP contribution in [0, 0.1) is 11.2 Å². The van der Waals surface area contributed by atoms with Crippen LogP contribution in [0.5, 0.6) is 17.2 Å². The van der Waals surface area contributed by atoms with Crippen molar-refractivity contribution in [3.8, 4) is 17.2 Å². The van der Waals surface area contributed by atoms with Gasteiger partial charge in [-0.1, -0.05) is 13.8 Å². The number of pyridine rings is 1. The number of nitrogens with one attached hydrogen (secondary N) is 1. The third kappa shape index (κ3) is 6.59. The first-order valence-corrected chi connectivity index (χ1v) is 15.2. The molecule has 2 aliphatic heterocycles. The number of rotatable bonds is 9. The summed E-state index contributed by atoms with van der Waals surface area (Å²) >= 11 is 0. The van der Waals surface area contributed by atoms with E-state index in [4.69, 9.17) is 9.47 Å². The minimum absolute atomic E-state index is 0.0416. The average molecular weight is 613 g/mol. The molecule has 12 heteroatoms. The SMILES string of the molecule is CC.CC(C)N(CC(F)F)C(=O)c1cc(F)ccc1Oc1cncnc1N1CC2(CC(Oc3ccnc4c3CNCC4)C2)C1. The van der Waals surface area contributed by atoms with Gasteiger partial charge in [-0.2, -0.15) is 0 Å². The smallest absolute Gasteiger partial charge is 0.258 e. The van der Waals surface area contributed by atoms with Gasteiger partial charge in [0.15, 0.2) is 11.6 Å². The van der Waals surface area contributed by atoms with Crippen LogP contribution < -0.4 is 19.7 Å². The van der Waals surface area contributed by atoms with Crippen molar-refractivity contribution in [1.29, 1.82) is 0 Å². The van der Waals surface area contributed by atoms with E-state index in [0.717, 1.165) is 79.5 Å². The van der Waals surface area contributed by atoms with Gasteiger partial charge in [0.25, 0.3) is 12.3 Å². The molecule has 1 saturated heterocycles. The summed E-state index contributed by atoms with van der Waals surface area (Å²) in [6.07, 6.45) is 4.85. The largest absolute Gasteiger partial charge is 0.490 e. The highest BCUT2D eigenvalue weighted by Gasteiger charge is 2.54. The van der Waals surface area contributed by atoms with Gasteiger partial charge in [-0.3, -0.25) is 9.78 Å². The Labute approximate surface area is 255 Å². The average Bonchev–Trinajstić information content (AvgIpc) is 2.98.